The summed E-state index contributed by atoms with van der Waals surface area (Å²) >= 11 is 0. The molecule has 5 nitrogen and oxygen atoms in total. The van der Waals surface area contributed by atoms with Gasteiger partial charge in [0.1, 0.15) is 11.3 Å². The van der Waals surface area contributed by atoms with Gasteiger partial charge in [-0.15, -0.1) is 0 Å². The number of aliphatic hydroxyl groups excluding tert-OH is 1. The Labute approximate surface area is 122 Å². The highest BCUT2D eigenvalue weighted by Gasteiger charge is 2.15. The largest absolute Gasteiger partial charge is 0.493 e. The molecule has 0 bridgehead atoms. The Hall–Kier alpha value is -2.53. The van der Waals surface area contributed by atoms with Gasteiger partial charge >= 0.3 is 0 Å². The Morgan fingerprint density at radius 2 is 2.05 bits per heavy atom. The van der Waals surface area contributed by atoms with Crippen LogP contribution in [-0.2, 0) is 6.61 Å². The molecule has 1 aromatic carbocycles. The lowest BCUT2D eigenvalue weighted by Gasteiger charge is -2.10. The molecule has 0 saturated carbocycles. The van der Waals surface area contributed by atoms with Gasteiger partial charge in [0.25, 0.3) is 0 Å². The average molecular weight is 284 g/mol. The van der Waals surface area contributed by atoms with Gasteiger partial charge in [0.15, 0.2) is 11.5 Å². The SMILES string of the molecule is COc1cc(C)ccc1Oc1nc2ccccn2c1CO. The second-order valence-electron chi connectivity index (χ2n) is 4.71. The van der Waals surface area contributed by atoms with E-state index >= 15 is 0 Å². The first-order valence-corrected chi connectivity index (χ1v) is 6.62. The van der Waals surface area contributed by atoms with Crippen LogP contribution in [0.3, 0.4) is 0 Å². The van der Waals surface area contributed by atoms with Crippen LogP contribution < -0.4 is 9.47 Å². The molecule has 0 aliphatic rings. The third-order valence-corrected chi connectivity index (χ3v) is 3.27. The molecule has 2 aromatic heterocycles. The van der Waals surface area contributed by atoms with Crippen LogP contribution in [0, 0.1) is 6.92 Å². The number of nitrogens with zero attached hydrogens (tertiary/aromatic N) is 2. The fraction of sp³-hybridized carbons (Fsp3) is 0.188. The van der Waals surface area contributed by atoms with Gasteiger partial charge < -0.3 is 14.6 Å². The number of pyridine rings is 1. The lowest BCUT2D eigenvalue weighted by atomic mass is 10.2. The van der Waals surface area contributed by atoms with Gasteiger partial charge in [0.05, 0.1) is 13.7 Å². The van der Waals surface area contributed by atoms with Crippen LogP contribution in [0.1, 0.15) is 11.3 Å². The van der Waals surface area contributed by atoms with Gasteiger partial charge in [-0.1, -0.05) is 12.1 Å². The summed E-state index contributed by atoms with van der Waals surface area (Å²) in [4.78, 5) is 4.40. The van der Waals surface area contributed by atoms with Gasteiger partial charge in [-0.2, -0.15) is 4.98 Å². The lowest BCUT2D eigenvalue weighted by molar-refractivity contribution is 0.269. The minimum atomic E-state index is -0.158. The molecule has 0 radical (unpaired) electrons. The van der Waals surface area contributed by atoms with E-state index in [1.165, 1.54) is 0 Å². The minimum Gasteiger partial charge on any atom is -0.493 e. The van der Waals surface area contributed by atoms with E-state index in [-0.39, 0.29) is 6.61 Å². The Kier molecular flexibility index (Phi) is 3.50. The van der Waals surface area contributed by atoms with Crippen LogP contribution in [0.4, 0.5) is 0 Å². The number of ether oxygens (including phenoxy) is 2. The fourth-order valence-electron chi connectivity index (χ4n) is 2.21. The van der Waals surface area contributed by atoms with E-state index in [2.05, 4.69) is 4.98 Å². The molecular formula is C16H16N2O3. The Morgan fingerprint density at radius 1 is 1.19 bits per heavy atom. The van der Waals surface area contributed by atoms with Crippen molar-refractivity contribution in [2.24, 2.45) is 0 Å². The van der Waals surface area contributed by atoms with Gasteiger partial charge in [-0.05, 0) is 36.8 Å². The van der Waals surface area contributed by atoms with E-state index in [0.29, 0.717) is 23.1 Å². The summed E-state index contributed by atoms with van der Waals surface area (Å²) in [6.45, 7) is 1.82. The Morgan fingerprint density at radius 3 is 2.81 bits per heavy atom. The summed E-state index contributed by atoms with van der Waals surface area (Å²) in [6.07, 6.45) is 1.84. The van der Waals surface area contributed by atoms with Crippen molar-refractivity contribution in [3.05, 3.63) is 53.9 Å². The van der Waals surface area contributed by atoms with Gasteiger partial charge in [-0.3, -0.25) is 4.40 Å². The van der Waals surface area contributed by atoms with Gasteiger partial charge in [0, 0.05) is 6.20 Å². The maximum absolute atomic E-state index is 9.58. The molecule has 3 rings (SSSR count). The number of imidazole rings is 1. The first-order valence-electron chi connectivity index (χ1n) is 6.62. The highest BCUT2D eigenvalue weighted by Crippen LogP contribution is 2.33. The van der Waals surface area contributed by atoms with Crippen LogP contribution >= 0.6 is 0 Å². The van der Waals surface area contributed by atoms with Crippen LogP contribution in [0.15, 0.2) is 42.6 Å². The van der Waals surface area contributed by atoms with Crippen molar-refractivity contribution < 1.29 is 14.6 Å². The minimum absolute atomic E-state index is 0.158. The lowest BCUT2D eigenvalue weighted by Crippen LogP contribution is -1.96. The number of hydrogen-bond acceptors (Lipinski definition) is 4. The molecule has 3 aromatic rings. The van der Waals surface area contributed by atoms with E-state index in [1.54, 1.807) is 11.5 Å². The van der Waals surface area contributed by atoms with Crippen molar-refractivity contribution in [1.82, 2.24) is 9.38 Å². The topological polar surface area (TPSA) is 56.0 Å². The van der Waals surface area contributed by atoms with E-state index in [1.807, 2.05) is 49.5 Å². The molecule has 21 heavy (non-hydrogen) atoms. The molecule has 0 spiro atoms. The molecule has 0 unspecified atom stereocenters. The van der Waals surface area contributed by atoms with Crippen LogP contribution in [0.25, 0.3) is 5.65 Å². The maximum Gasteiger partial charge on any atom is 0.244 e. The third kappa shape index (κ3) is 2.43. The molecule has 0 aliphatic carbocycles. The molecule has 0 atom stereocenters. The summed E-state index contributed by atoms with van der Waals surface area (Å²) in [5.74, 6) is 1.59. The molecule has 0 fully saturated rings. The number of aryl methyl sites for hydroxylation is 1. The van der Waals surface area contributed by atoms with Crippen molar-refractivity contribution in [1.29, 1.82) is 0 Å². The number of hydrogen-bond donors (Lipinski definition) is 1. The van der Waals surface area contributed by atoms with Gasteiger partial charge in [-0.25, -0.2) is 0 Å². The van der Waals surface area contributed by atoms with Crippen LogP contribution in [0.5, 0.6) is 17.4 Å². The Balaban J connectivity index is 2.06. The molecular weight excluding hydrogens is 268 g/mol. The van der Waals surface area contributed by atoms with Gasteiger partial charge in [0.2, 0.25) is 5.88 Å². The zero-order valence-electron chi connectivity index (χ0n) is 11.9. The monoisotopic (exact) mass is 284 g/mol. The van der Waals surface area contributed by atoms with Crippen LogP contribution in [-0.4, -0.2) is 21.6 Å². The first kappa shape index (κ1) is 13.5. The Bertz CT molecular complexity index is 780. The molecule has 0 aliphatic heterocycles. The quantitative estimate of drug-likeness (QED) is 0.800. The van der Waals surface area contributed by atoms with E-state index < -0.39 is 0 Å². The highest BCUT2D eigenvalue weighted by atomic mass is 16.5. The number of aromatic nitrogens is 2. The molecule has 108 valence electrons. The number of fused-ring (bicyclic) bond motifs is 1. The predicted molar refractivity (Wildman–Crippen MR) is 78.9 cm³/mol. The molecule has 5 heteroatoms. The van der Waals surface area contributed by atoms with Crippen molar-refractivity contribution in [3.8, 4) is 17.4 Å². The summed E-state index contributed by atoms with van der Waals surface area (Å²) in [5.41, 5.74) is 2.41. The second-order valence-corrected chi connectivity index (χ2v) is 4.71. The molecule has 0 amide bonds. The number of aliphatic hydroxyl groups is 1. The summed E-state index contributed by atoms with van der Waals surface area (Å²) < 4.78 is 13.0. The average Bonchev–Trinajstić information content (AvgIpc) is 2.86. The molecule has 1 N–H and O–H groups in total. The summed E-state index contributed by atoms with van der Waals surface area (Å²) in [6, 6.07) is 11.3. The number of rotatable bonds is 4. The molecule has 0 saturated heterocycles. The van der Waals surface area contributed by atoms with Crippen LogP contribution in [0.2, 0.25) is 0 Å². The first-order chi connectivity index (χ1) is 10.2. The summed E-state index contributed by atoms with van der Waals surface area (Å²) in [7, 11) is 1.60. The van der Waals surface area contributed by atoms with E-state index in [9.17, 15) is 5.11 Å². The normalized spacial score (nSPS) is 10.8. The number of methoxy groups -OCH3 is 1. The number of benzene rings is 1. The zero-order valence-corrected chi connectivity index (χ0v) is 11.9. The highest BCUT2D eigenvalue weighted by molar-refractivity contribution is 5.49. The van der Waals surface area contributed by atoms with E-state index in [4.69, 9.17) is 9.47 Å². The fourth-order valence-corrected chi connectivity index (χ4v) is 2.21. The predicted octanol–water partition coefficient (Wildman–Crippen LogP) is 2.94. The summed E-state index contributed by atoms with van der Waals surface area (Å²) in [5, 5.41) is 9.58. The van der Waals surface area contributed by atoms with Crippen molar-refractivity contribution >= 4 is 5.65 Å². The van der Waals surface area contributed by atoms with Crippen molar-refractivity contribution in [2.45, 2.75) is 13.5 Å². The van der Waals surface area contributed by atoms with Crippen molar-refractivity contribution in [3.63, 3.8) is 0 Å². The van der Waals surface area contributed by atoms with E-state index in [0.717, 1.165) is 11.2 Å². The standard InChI is InChI=1S/C16H16N2O3/c1-11-6-7-13(14(9-11)20-2)21-16-12(10-19)18-8-4-3-5-15(18)17-16/h3-9,19H,10H2,1-2H3. The zero-order chi connectivity index (χ0) is 14.8. The second kappa shape index (κ2) is 5.46. The smallest absolute Gasteiger partial charge is 0.244 e. The third-order valence-electron chi connectivity index (χ3n) is 3.27. The molecule has 2 heterocycles. The van der Waals surface area contributed by atoms with Crippen molar-refractivity contribution in [2.75, 3.05) is 7.11 Å². The maximum atomic E-state index is 9.58.